The van der Waals surface area contributed by atoms with Crippen molar-refractivity contribution in [3.8, 4) is 0 Å². The lowest BCUT2D eigenvalue weighted by Crippen LogP contribution is -2.30. The monoisotopic (exact) mass is 811 g/mol. The highest BCUT2D eigenvalue weighted by Gasteiger charge is 2.27. The van der Waals surface area contributed by atoms with Crippen LogP contribution in [0.3, 0.4) is 0 Å². The molecule has 0 saturated heterocycles. The molecule has 11 N–H and O–H groups in total. The van der Waals surface area contributed by atoms with Crippen LogP contribution in [0.2, 0.25) is 0 Å². The summed E-state index contributed by atoms with van der Waals surface area (Å²) in [7, 11) is 0. The SMILES string of the molecule is CC(=O)Nc1c(I)c(C(=O)O)c(I)c(C(=O)O)c1I.NC(=O)C(O)CO.NC(=O)C(O)CO. The summed E-state index contributed by atoms with van der Waals surface area (Å²) in [5, 5.41) is 53.2. The summed E-state index contributed by atoms with van der Waals surface area (Å²) < 4.78 is 0.749. The van der Waals surface area contributed by atoms with Crippen molar-refractivity contribution in [2.45, 2.75) is 19.1 Å². The van der Waals surface area contributed by atoms with Crippen LogP contribution in [0.15, 0.2) is 0 Å². The van der Waals surface area contributed by atoms with Gasteiger partial charge in [0.15, 0.2) is 12.2 Å². The minimum absolute atomic E-state index is 0.122. The van der Waals surface area contributed by atoms with Crippen LogP contribution in [0.5, 0.6) is 0 Å². The second kappa shape index (κ2) is 16.3. The van der Waals surface area contributed by atoms with Crippen molar-refractivity contribution in [2.24, 2.45) is 11.5 Å². The highest BCUT2D eigenvalue weighted by atomic mass is 127. The number of carbonyl (C=O) groups is 5. The minimum atomic E-state index is -1.40. The molecule has 0 radical (unpaired) electrons. The van der Waals surface area contributed by atoms with Gasteiger partial charge in [-0.2, -0.15) is 0 Å². The van der Waals surface area contributed by atoms with Gasteiger partial charge in [-0.3, -0.25) is 14.4 Å². The number of anilines is 1. The fourth-order valence-corrected chi connectivity index (χ4v) is 5.86. The van der Waals surface area contributed by atoms with Crippen LogP contribution in [-0.4, -0.2) is 85.7 Å². The number of hydrogen-bond donors (Lipinski definition) is 9. The number of hydrogen-bond acceptors (Lipinski definition) is 9. The van der Waals surface area contributed by atoms with Gasteiger partial charge in [-0.15, -0.1) is 0 Å². The van der Waals surface area contributed by atoms with Crippen molar-refractivity contribution in [3.05, 3.63) is 21.8 Å². The lowest BCUT2D eigenvalue weighted by atomic mass is 10.1. The van der Waals surface area contributed by atoms with E-state index >= 15 is 0 Å². The van der Waals surface area contributed by atoms with Crippen molar-refractivity contribution in [1.82, 2.24) is 0 Å². The predicted octanol–water partition coefficient (Wildman–Crippen LogP) is -1.49. The van der Waals surface area contributed by atoms with Gasteiger partial charge in [-0.25, -0.2) is 9.59 Å². The molecular formula is C16H20I3N3O11. The maximum Gasteiger partial charge on any atom is 0.337 e. The first kappa shape index (κ1) is 33.8. The van der Waals surface area contributed by atoms with Gasteiger partial charge in [-0.05, 0) is 67.8 Å². The van der Waals surface area contributed by atoms with Gasteiger partial charge in [0, 0.05) is 10.5 Å². The smallest absolute Gasteiger partial charge is 0.337 e. The molecule has 1 aromatic rings. The molecule has 2 atom stereocenters. The predicted molar refractivity (Wildman–Crippen MR) is 137 cm³/mol. The lowest BCUT2D eigenvalue weighted by molar-refractivity contribution is -0.128. The van der Waals surface area contributed by atoms with E-state index in [-0.39, 0.29) is 20.4 Å². The Morgan fingerprint density at radius 2 is 1.09 bits per heavy atom. The molecule has 0 aliphatic rings. The molecule has 0 aliphatic heterocycles. The van der Waals surface area contributed by atoms with E-state index in [4.69, 9.17) is 20.4 Å². The van der Waals surface area contributed by atoms with Gasteiger partial charge in [-0.1, -0.05) is 0 Å². The van der Waals surface area contributed by atoms with E-state index in [1.54, 1.807) is 67.8 Å². The maximum absolute atomic E-state index is 11.2. The molecular weight excluding hydrogens is 791 g/mol. The number of carbonyl (C=O) groups excluding carboxylic acids is 3. The van der Waals surface area contributed by atoms with Crippen LogP contribution in [0.25, 0.3) is 0 Å². The highest BCUT2D eigenvalue weighted by molar-refractivity contribution is 14.1. The fraction of sp³-hybridized carbons (Fsp3) is 0.312. The molecule has 2 unspecified atom stereocenters. The molecule has 0 bridgehead atoms. The van der Waals surface area contributed by atoms with Gasteiger partial charge >= 0.3 is 11.9 Å². The topological polar surface area (TPSA) is 271 Å². The van der Waals surface area contributed by atoms with E-state index in [1.165, 1.54) is 6.92 Å². The van der Waals surface area contributed by atoms with Gasteiger partial charge in [0.2, 0.25) is 17.7 Å². The molecule has 0 aromatic heterocycles. The van der Waals surface area contributed by atoms with Crippen LogP contribution in [-0.2, 0) is 14.4 Å². The molecule has 17 heteroatoms. The number of nitrogens with two attached hydrogens (primary N) is 2. The van der Waals surface area contributed by atoms with E-state index in [2.05, 4.69) is 16.8 Å². The summed E-state index contributed by atoms with van der Waals surface area (Å²) in [5.41, 5.74) is 8.96. The summed E-state index contributed by atoms with van der Waals surface area (Å²) in [6.45, 7) is 0.0652. The molecule has 0 heterocycles. The molecule has 0 spiro atoms. The quantitative estimate of drug-likeness (QED) is 0.143. The number of amides is 3. The van der Waals surface area contributed by atoms with Crippen LogP contribution in [0, 0.1) is 10.7 Å². The average molecular weight is 811 g/mol. The van der Waals surface area contributed by atoms with E-state index in [0.717, 1.165) is 0 Å². The third-order valence-corrected chi connectivity index (χ3v) is 6.28. The van der Waals surface area contributed by atoms with Gasteiger partial charge in [0.05, 0.1) is 37.2 Å². The number of benzene rings is 1. The number of halogens is 3. The Hall–Kier alpha value is -1.40. The Bertz CT molecular complexity index is 850. The third kappa shape index (κ3) is 11.5. The molecule has 0 fully saturated rings. The second-order valence-corrected chi connectivity index (χ2v) is 8.80. The zero-order chi connectivity index (χ0) is 26.6. The van der Waals surface area contributed by atoms with Gasteiger partial charge in [0.25, 0.3) is 0 Å². The highest BCUT2D eigenvalue weighted by Crippen LogP contribution is 2.35. The van der Waals surface area contributed by atoms with Crippen molar-refractivity contribution in [3.63, 3.8) is 0 Å². The number of carboxylic acid groups (broad SMARTS) is 2. The second-order valence-electron chi connectivity index (χ2n) is 5.56. The number of aromatic carboxylic acids is 2. The van der Waals surface area contributed by atoms with Crippen molar-refractivity contribution in [1.29, 1.82) is 0 Å². The Labute approximate surface area is 227 Å². The summed E-state index contributed by atoms with van der Waals surface area (Å²) in [6, 6.07) is 0. The molecule has 186 valence electrons. The number of primary amides is 2. The number of nitrogens with one attached hydrogen (secondary N) is 1. The Morgan fingerprint density at radius 3 is 1.24 bits per heavy atom. The standard InChI is InChI=1S/C10H6I3NO5.2C3H7NO3/c1-2(15)14-8-6(12)3(9(16)17)5(11)4(7(8)13)10(18)19;2*4-3(7)2(6)1-5/h1H3,(H,14,15)(H,16,17)(H,18,19);2*2,5-6H,1H2,(H2,4,7). The molecule has 3 amide bonds. The van der Waals surface area contributed by atoms with Crippen LogP contribution < -0.4 is 16.8 Å². The lowest BCUT2D eigenvalue weighted by Gasteiger charge is -2.15. The maximum atomic E-state index is 11.2. The molecule has 33 heavy (non-hydrogen) atoms. The van der Waals surface area contributed by atoms with Crippen LogP contribution in [0.4, 0.5) is 5.69 Å². The normalized spacial score (nSPS) is 11.5. The van der Waals surface area contributed by atoms with E-state index in [9.17, 15) is 34.2 Å². The Morgan fingerprint density at radius 1 is 0.788 bits per heavy atom. The summed E-state index contributed by atoms with van der Waals surface area (Å²) in [5.74, 6) is -4.67. The average Bonchev–Trinajstić information content (AvgIpc) is 2.69. The van der Waals surface area contributed by atoms with Crippen molar-refractivity contribution >= 4 is 103 Å². The molecule has 1 aromatic carbocycles. The zero-order valence-electron chi connectivity index (χ0n) is 16.6. The fourth-order valence-electron chi connectivity index (χ4n) is 1.51. The summed E-state index contributed by atoms with van der Waals surface area (Å²) in [6.07, 6.45) is -2.81. The Kier molecular flexibility index (Phi) is 16.6. The number of carboxylic acids is 2. The van der Waals surface area contributed by atoms with E-state index in [0.29, 0.717) is 7.14 Å². The summed E-state index contributed by atoms with van der Waals surface area (Å²) in [4.78, 5) is 53.1. The number of aliphatic hydroxyl groups excluding tert-OH is 4. The Balaban J connectivity index is 0. The largest absolute Gasteiger partial charge is 0.478 e. The molecule has 0 aliphatic carbocycles. The van der Waals surface area contributed by atoms with Gasteiger partial charge < -0.3 is 47.4 Å². The molecule has 0 saturated carbocycles. The van der Waals surface area contributed by atoms with Crippen LogP contribution >= 0.6 is 67.8 Å². The van der Waals surface area contributed by atoms with Gasteiger partial charge in [0.1, 0.15) is 0 Å². The summed E-state index contributed by atoms with van der Waals surface area (Å²) >= 11 is 5.25. The van der Waals surface area contributed by atoms with Crippen LogP contribution in [0.1, 0.15) is 27.6 Å². The number of rotatable bonds is 7. The van der Waals surface area contributed by atoms with Crippen molar-refractivity contribution < 1.29 is 54.6 Å². The first-order valence-electron chi connectivity index (χ1n) is 8.15. The minimum Gasteiger partial charge on any atom is -0.478 e. The zero-order valence-corrected chi connectivity index (χ0v) is 23.1. The van der Waals surface area contributed by atoms with E-state index < -0.39 is 55.1 Å². The number of aliphatic hydroxyl groups is 4. The molecule has 14 nitrogen and oxygen atoms in total. The first-order chi connectivity index (χ1) is 15.0. The third-order valence-electron chi connectivity index (χ3n) is 3.05. The van der Waals surface area contributed by atoms with Crippen molar-refractivity contribution in [2.75, 3.05) is 18.5 Å². The van der Waals surface area contributed by atoms with E-state index in [1.807, 2.05) is 0 Å². The molecule has 1 rings (SSSR count). The first-order valence-corrected chi connectivity index (χ1v) is 11.4.